The zero-order valence-electron chi connectivity index (χ0n) is 19.0. The Bertz CT molecular complexity index is 1030. The third kappa shape index (κ3) is 4.39. The van der Waals surface area contributed by atoms with E-state index in [9.17, 15) is 0 Å². The lowest BCUT2D eigenvalue weighted by Gasteiger charge is -2.37. The number of thioether (sulfide) groups is 3. The highest BCUT2D eigenvalue weighted by Gasteiger charge is 2.38. The van der Waals surface area contributed by atoms with E-state index in [-0.39, 0.29) is 0 Å². The van der Waals surface area contributed by atoms with Gasteiger partial charge in [-0.25, -0.2) is 0 Å². The molecule has 0 N–H and O–H groups in total. The van der Waals surface area contributed by atoms with Crippen LogP contribution in [0.3, 0.4) is 0 Å². The van der Waals surface area contributed by atoms with E-state index < -0.39 is 5.41 Å². The molecule has 3 heteroatoms. The standard InChI is InChI=1S/C29H28S3/c1-21-5-7-22(8-6-21)29(23-9-15-26(30-2)16-10-23,24-11-17-27(31-3)18-12-24)25-13-19-28(32-4)20-14-25/h5-20H,1-4H3. The van der Waals surface area contributed by atoms with Crippen molar-refractivity contribution in [3.8, 4) is 0 Å². The second kappa shape index (κ2) is 10.2. The third-order valence-corrected chi connectivity index (χ3v) is 8.28. The summed E-state index contributed by atoms with van der Waals surface area (Å²) in [5.74, 6) is 0. The van der Waals surface area contributed by atoms with E-state index in [0.29, 0.717) is 0 Å². The molecule has 0 radical (unpaired) electrons. The van der Waals surface area contributed by atoms with Crippen LogP contribution in [0.25, 0.3) is 0 Å². The highest BCUT2D eigenvalue weighted by Crippen LogP contribution is 2.46. The number of benzene rings is 4. The van der Waals surface area contributed by atoms with Crippen molar-refractivity contribution >= 4 is 35.3 Å². The highest BCUT2D eigenvalue weighted by atomic mass is 32.2. The van der Waals surface area contributed by atoms with Gasteiger partial charge in [-0.3, -0.25) is 0 Å². The summed E-state index contributed by atoms with van der Waals surface area (Å²) in [5.41, 5.74) is 6.02. The Morgan fingerprint density at radius 2 is 0.656 bits per heavy atom. The van der Waals surface area contributed by atoms with Gasteiger partial charge in [0.1, 0.15) is 0 Å². The lowest BCUT2D eigenvalue weighted by molar-refractivity contribution is 0.741. The van der Waals surface area contributed by atoms with Crippen LogP contribution in [-0.2, 0) is 5.41 Å². The highest BCUT2D eigenvalue weighted by molar-refractivity contribution is 7.99. The molecule has 0 heterocycles. The molecule has 0 saturated carbocycles. The smallest absolute Gasteiger partial charge is 0.0701 e. The van der Waals surface area contributed by atoms with Crippen LogP contribution in [0.4, 0.5) is 0 Å². The minimum atomic E-state index is -0.390. The molecule has 0 unspecified atom stereocenters. The molecule has 0 saturated heterocycles. The van der Waals surface area contributed by atoms with Gasteiger partial charge in [-0.15, -0.1) is 35.3 Å². The van der Waals surface area contributed by atoms with Crippen molar-refractivity contribution in [2.24, 2.45) is 0 Å². The van der Waals surface area contributed by atoms with Crippen LogP contribution in [0.5, 0.6) is 0 Å². The third-order valence-electron chi connectivity index (χ3n) is 6.05. The van der Waals surface area contributed by atoms with Gasteiger partial charge in [-0.2, -0.15) is 0 Å². The molecule has 0 fully saturated rings. The van der Waals surface area contributed by atoms with Crippen LogP contribution >= 0.6 is 35.3 Å². The summed E-state index contributed by atoms with van der Waals surface area (Å²) in [7, 11) is 0. The molecule has 0 aliphatic carbocycles. The van der Waals surface area contributed by atoms with Crippen molar-refractivity contribution in [2.75, 3.05) is 18.8 Å². The van der Waals surface area contributed by atoms with E-state index in [1.807, 2.05) is 0 Å². The first-order chi connectivity index (χ1) is 15.6. The van der Waals surface area contributed by atoms with E-state index in [4.69, 9.17) is 0 Å². The maximum absolute atomic E-state index is 2.30. The van der Waals surface area contributed by atoms with Crippen LogP contribution in [0, 0.1) is 6.92 Å². The van der Waals surface area contributed by atoms with Gasteiger partial charge in [0.2, 0.25) is 0 Å². The molecule has 0 aliphatic rings. The predicted molar refractivity (Wildman–Crippen MR) is 145 cm³/mol. The van der Waals surface area contributed by atoms with E-state index in [2.05, 4.69) is 123 Å². The van der Waals surface area contributed by atoms with Crippen molar-refractivity contribution in [2.45, 2.75) is 27.0 Å². The Morgan fingerprint density at radius 3 is 0.906 bits per heavy atom. The summed E-state index contributed by atoms with van der Waals surface area (Å²) in [6.07, 6.45) is 6.39. The maximum Gasteiger partial charge on any atom is 0.0701 e. The number of hydrogen-bond donors (Lipinski definition) is 0. The molecule has 0 atom stereocenters. The Balaban J connectivity index is 2.06. The van der Waals surface area contributed by atoms with Crippen LogP contribution in [-0.4, -0.2) is 18.8 Å². The fraction of sp³-hybridized carbons (Fsp3) is 0.172. The first-order valence-electron chi connectivity index (χ1n) is 10.6. The van der Waals surface area contributed by atoms with Crippen LogP contribution in [0.2, 0.25) is 0 Å². The first-order valence-corrected chi connectivity index (χ1v) is 14.3. The second-order valence-electron chi connectivity index (χ2n) is 7.80. The first kappa shape index (κ1) is 23.1. The average Bonchev–Trinajstić information content (AvgIpc) is 2.86. The number of aryl methyl sites for hydroxylation is 1. The van der Waals surface area contributed by atoms with Gasteiger partial charge in [-0.05, 0) is 84.3 Å². The quantitative estimate of drug-likeness (QED) is 0.195. The molecule has 0 aliphatic heterocycles. The fourth-order valence-corrected chi connectivity index (χ4v) is 5.55. The summed E-state index contributed by atoms with van der Waals surface area (Å²) in [5, 5.41) is 0. The fourth-order valence-electron chi connectivity index (χ4n) is 4.33. The van der Waals surface area contributed by atoms with Gasteiger partial charge in [0, 0.05) is 14.7 Å². The molecule has 32 heavy (non-hydrogen) atoms. The summed E-state index contributed by atoms with van der Waals surface area (Å²) < 4.78 is 0. The van der Waals surface area contributed by atoms with Gasteiger partial charge in [-0.1, -0.05) is 66.2 Å². The Hall–Kier alpha value is -2.07. The Kier molecular flexibility index (Phi) is 7.40. The molecular weight excluding hydrogens is 445 g/mol. The average molecular weight is 473 g/mol. The van der Waals surface area contributed by atoms with Gasteiger partial charge >= 0.3 is 0 Å². The zero-order chi connectivity index (χ0) is 22.6. The molecule has 0 aromatic heterocycles. The van der Waals surface area contributed by atoms with Gasteiger partial charge in [0.05, 0.1) is 5.41 Å². The van der Waals surface area contributed by atoms with Crippen molar-refractivity contribution in [3.05, 3.63) is 125 Å². The molecule has 162 valence electrons. The van der Waals surface area contributed by atoms with Crippen molar-refractivity contribution in [3.63, 3.8) is 0 Å². The van der Waals surface area contributed by atoms with Crippen LogP contribution in [0.15, 0.2) is 112 Å². The van der Waals surface area contributed by atoms with Crippen LogP contribution < -0.4 is 0 Å². The van der Waals surface area contributed by atoms with E-state index >= 15 is 0 Å². The van der Waals surface area contributed by atoms with Crippen LogP contribution in [0.1, 0.15) is 27.8 Å². The molecule has 0 spiro atoms. The lowest BCUT2D eigenvalue weighted by Crippen LogP contribution is -2.31. The Morgan fingerprint density at radius 1 is 0.406 bits per heavy atom. The number of hydrogen-bond acceptors (Lipinski definition) is 3. The largest absolute Gasteiger partial charge is 0.130 e. The molecule has 0 nitrogen and oxygen atoms in total. The molecular formula is C29H28S3. The van der Waals surface area contributed by atoms with Crippen molar-refractivity contribution in [1.82, 2.24) is 0 Å². The monoisotopic (exact) mass is 472 g/mol. The minimum absolute atomic E-state index is 0.390. The maximum atomic E-state index is 2.30. The summed E-state index contributed by atoms with van der Waals surface area (Å²) in [6.45, 7) is 2.15. The molecule has 0 bridgehead atoms. The lowest BCUT2D eigenvalue weighted by atomic mass is 9.65. The molecule has 4 aromatic rings. The van der Waals surface area contributed by atoms with Crippen molar-refractivity contribution in [1.29, 1.82) is 0 Å². The predicted octanol–water partition coefficient (Wildman–Crippen LogP) is 8.54. The molecule has 0 amide bonds. The minimum Gasteiger partial charge on any atom is -0.130 e. The van der Waals surface area contributed by atoms with Crippen molar-refractivity contribution < 1.29 is 0 Å². The number of rotatable bonds is 7. The van der Waals surface area contributed by atoms with E-state index in [1.54, 1.807) is 35.3 Å². The van der Waals surface area contributed by atoms with Gasteiger partial charge in [0.25, 0.3) is 0 Å². The summed E-state index contributed by atoms with van der Waals surface area (Å²) in [4.78, 5) is 3.84. The van der Waals surface area contributed by atoms with E-state index in [1.165, 1.54) is 42.5 Å². The second-order valence-corrected chi connectivity index (χ2v) is 10.4. The molecule has 4 aromatic carbocycles. The van der Waals surface area contributed by atoms with Gasteiger partial charge in [0.15, 0.2) is 0 Å². The molecule has 4 rings (SSSR count). The summed E-state index contributed by atoms with van der Waals surface area (Å²) >= 11 is 5.35. The van der Waals surface area contributed by atoms with E-state index in [0.717, 1.165) is 0 Å². The normalized spacial score (nSPS) is 11.5. The summed E-state index contributed by atoms with van der Waals surface area (Å²) in [6, 6.07) is 36.3. The zero-order valence-corrected chi connectivity index (χ0v) is 21.4. The SMILES string of the molecule is CSc1ccc(C(c2ccc(C)cc2)(c2ccc(SC)cc2)c2ccc(SC)cc2)cc1. The Labute approximate surface area is 205 Å². The van der Waals surface area contributed by atoms with Gasteiger partial charge < -0.3 is 0 Å². The topological polar surface area (TPSA) is 0 Å².